The monoisotopic (exact) mass is 130 g/mol. The maximum absolute atomic E-state index is 9.14. The van der Waals surface area contributed by atoms with Gasteiger partial charge in [-0.1, -0.05) is 0 Å². The molecular formula is C6H14N2O. The van der Waals surface area contributed by atoms with Gasteiger partial charge in [-0.2, -0.15) is 0 Å². The zero-order chi connectivity index (χ0) is 6.85. The van der Waals surface area contributed by atoms with Gasteiger partial charge < -0.3 is 16.6 Å². The van der Waals surface area contributed by atoms with E-state index in [-0.39, 0.29) is 18.2 Å². The fourth-order valence-corrected chi connectivity index (χ4v) is 1.20. The molecular weight excluding hydrogens is 116 g/mol. The molecule has 1 rings (SSSR count). The van der Waals surface area contributed by atoms with Crippen LogP contribution in [0.1, 0.15) is 19.3 Å². The van der Waals surface area contributed by atoms with E-state index in [2.05, 4.69) is 0 Å². The highest BCUT2D eigenvalue weighted by molar-refractivity contribution is 4.83. The van der Waals surface area contributed by atoms with Crippen LogP contribution in [0.3, 0.4) is 0 Å². The Bertz CT molecular complexity index is 97.1. The van der Waals surface area contributed by atoms with E-state index < -0.39 is 0 Å². The summed E-state index contributed by atoms with van der Waals surface area (Å²) in [6, 6.07) is 0.129. The van der Waals surface area contributed by atoms with Gasteiger partial charge in [0.1, 0.15) is 0 Å². The van der Waals surface area contributed by atoms with Gasteiger partial charge in [-0.3, -0.25) is 0 Å². The number of nitrogens with two attached hydrogens (primary N) is 2. The summed E-state index contributed by atoms with van der Waals surface area (Å²) in [5, 5.41) is 9.14. The second-order valence-corrected chi connectivity index (χ2v) is 2.80. The van der Waals surface area contributed by atoms with E-state index in [1.54, 1.807) is 0 Å². The highest BCUT2D eigenvalue weighted by Crippen LogP contribution is 2.15. The molecule has 1 aliphatic carbocycles. The summed E-state index contributed by atoms with van der Waals surface area (Å²) in [5.74, 6) is 0. The van der Waals surface area contributed by atoms with Crippen molar-refractivity contribution >= 4 is 0 Å². The molecule has 0 bridgehead atoms. The first-order valence-electron chi connectivity index (χ1n) is 3.39. The third-order valence-corrected chi connectivity index (χ3v) is 1.91. The summed E-state index contributed by atoms with van der Waals surface area (Å²) in [4.78, 5) is 0. The number of hydrogen-bond acceptors (Lipinski definition) is 3. The van der Waals surface area contributed by atoms with Gasteiger partial charge in [-0.05, 0) is 19.3 Å². The van der Waals surface area contributed by atoms with Crippen molar-refractivity contribution in [3.8, 4) is 0 Å². The third-order valence-electron chi connectivity index (χ3n) is 1.91. The van der Waals surface area contributed by atoms with E-state index in [0.29, 0.717) is 6.42 Å². The summed E-state index contributed by atoms with van der Waals surface area (Å²) in [5.41, 5.74) is 11.1. The smallest absolute Gasteiger partial charge is 0.0705 e. The number of hydrogen-bond donors (Lipinski definition) is 3. The van der Waals surface area contributed by atoms with Crippen molar-refractivity contribution in [2.24, 2.45) is 11.5 Å². The molecule has 9 heavy (non-hydrogen) atoms. The Morgan fingerprint density at radius 2 is 1.89 bits per heavy atom. The average Bonchev–Trinajstić information content (AvgIpc) is 1.80. The molecule has 0 spiro atoms. The van der Waals surface area contributed by atoms with Crippen LogP contribution in [0.5, 0.6) is 0 Å². The SMILES string of the molecule is N[C@H]1CC[C@H](N)[C@H](O)C1. The van der Waals surface area contributed by atoms with Crippen LogP contribution < -0.4 is 11.5 Å². The molecule has 5 N–H and O–H groups in total. The van der Waals surface area contributed by atoms with Crippen molar-refractivity contribution < 1.29 is 5.11 Å². The minimum Gasteiger partial charge on any atom is -0.391 e. The molecule has 0 aromatic rings. The first-order chi connectivity index (χ1) is 4.20. The van der Waals surface area contributed by atoms with Gasteiger partial charge in [0, 0.05) is 12.1 Å². The van der Waals surface area contributed by atoms with E-state index in [1.807, 2.05) is 0 Å². The zero-order valence-corrected chi connectivity index (χ0v) is 5.46. The van der Waals surface area contributed by atoms with Crippen molar-refractivity contribution in [3.05, 3.63) is 0 Å². The molecule has 0 aliphatic heterocycles. The summed E-state index contributed by atoms with van der Waals surface area (Å²) in [7, 11) is 0. The lowest BCUT2D eigenvalue weighted by Crippen LogP contribution is -2.44. The van der Waals surface area contributed by atoms with Gasteiger partial charge in [0.2, 0.25) is 0 Å². The lowest BCUT2D eigenvalue weighted by molar-refractivity contribution is 0.0993. The van der Waals surface area contributed by atoms with Crippen LogP contribution in [0, 0.1) is 0 Å². The summed E-state index contributed by atoms with van der Waals surface area (Å²) >= 11 is 0. The summed E-state index contributed by atoms with van der Waals surface area (Å²) in [6.45, 7) is 0. The molecule has 0 amide bonds. The Morgan fingerprint density at radius 3 is 2.33 bits per heavy atom. The minimum absolute atomic E-state index is 0.0372. The molecule has 3 nitrogen and oxygen atoms in total. The maximum atomic E-state index is 9.14. The number of rotatable bonds is 0. The molecule has 0 aromatic heterocycles. The normalized spacial score (nSPS) is 45.0. The minimum atomic E-state index is -0.367. The molecule has 1 aliphatic rings. The quantitative estimate of drug-likeness (QED) is 0.401. The Balaban J connectivity index is 2.35. The highest BCUT2D eigenvalue weighted by atomic mass is 16.3. The van der Waals surface area contributed by atoms with Gasteiger partial charge >= 0.3 is 0 Å². The van der Waals surface area contributed by atoms with E-state index in [4.69, 9.17) is 16.6 Å². The van der Waals surface area contributed by atoms with Gasteiger partial charge in [0.05, 0.1) is 6.10 Å². The molecule has 3 atom stereocenters. The lowest BCUT2D eigenvalue weighted by Gasteiger charge is -2.28. The van der Waals surface area contributed by atoms with Gasteiger partial charge in [0.15, 0.2) is 0 Å². The van der Waals surface area contributed by atoms with Crippen molar-refractivity contribution in [2.75, 3.05) is 0 Å². The number of aliphatic hydroxyl groups excluding tert-OH is 1. The van der Waals surface area contributed by atoms with E-state index >= 15 is 0 Å². The van der Waals surface area contributed by atoms with Gasteiger partial charge in [0.25, 0.3) is 0 Å². The van der Waals surface area contributed by atoms with Gasteiger partial charge in [-0.25, -0.2) is 0 Å². The van der Waals surface area contributed by atoms with Crippen molar-refractivity contribution in [3.63, 3.8) is 0 Å². The predicted molar refractivity (Wildman–Crippen MR) is 35.8 cm³/mol. The molecule has 0 radical (unpaired) electrons. The predicted octanol–water partition coefficient (Wildman–Crippen LogP) is -0.814. The van der Waals surface area contributed by atoms with Crippen LogP contribution >= 0.6 is 0 Å². The van der Waals surface area contributed by atoms with Crippen molar-refractivity contribution in [1.29, 1.82) is 0 Å². The van der Waals surface area contributed by atoms with Crippen LogP contribution in [-0.4, -0.2) is 23.3 Å². The number of aliphatic hydroxyl groups is 1. The maximum Gasteiger partial charge on any atom is 0.0705 e. The van der Waals surface area contributed by atoms with Gasteiger partial charge in [-0.15, -0.1) is 0 Å². The standard InChI is InChI=1S/C6H14N2O/c7-4-1-2-5(8)6(9)3-4/h4-6,9H,1-3,7-8H2/t4-,5-,6+/m0/s1. The van der Waals surface area contributed by atoms with Crippen LogP contribution in [0.25, 0.3) is 0 Å². The van der Waals surface area contributed by atoms with Crippen LogP contribution in [0.15, 0.2) is 0 Å². The molecule has 0 unspecified atom stereocenters. The van der Waals surface area contributed by atoms with Crippen LogP contribution in [0.2, 0.25) is 0 Å². The van der Waals surface area contributed by atoms with E-state index in [9.17, 15) is 0 Å². The largest absolute Gasteiger partial charge is 0.391 e. The topological polar surface area (TPSA) is 72.3 Å². The molecule has 1 fully saturated rings. The first kappa shape index (κ1) is 6.99. The molecule has 0 saturated heterocycles. The molecule has 0 aromatic carbocycles. The fourth-order valence-electron chi connectivity index (χ4n) is 1.20. The second-order valence-electron chi connectivity index (χ2n) is 2.80. The molecule has 3 heteroatoms. The zero-order valence-electron chi connectivity index (χ0n) is 5.46. The van der Waals surface area contributed by atoms with Crippen molar-refractivity contribution in [2.45, 2.75) is 37.5 Å². The molecule has 0 heterocycles. The van der Waals surface area contributed by atoms with Crippen LogP contribution in [0.4, 0.5) is 0 Å². The average molecular weight is 130 g/mol. The Labute approximate surface area is 55.0 Å². The summed E-state index contributed by atoms with van der Waals surface area (Å²) < 4.78 is 0. The summed E-state index contributed by atoms with van der Waals surface area (Å²) in [6.07, 6.45) is 2.12. The Kier molecular flexibility index (Phi) is 2.05. The van der Waals surface area contributed by atoms with E-state index in [0.717, 1.165) is 12.8 Å². The Morgan fingerprint density at radius 1 is 1.22 bits per heavy atom. The first-order valence-corrected chi connectivity index (χ1v) is 3.39. The fraction of sp³-hybridized carbons (Fsp3) is 1.00. The Hall–Kier alpha value is -0.120. The third kappa shape index (κ3) is 1.64. The molecule has 54 valence electrons. The highest BCUT2D eigenvalue weighted by Gasteiger charge is 2.23. The van der Waals surface area contributed by atoms with Crippen LogP contribution in [-0.2, 0) is 0 Å². The molecule has 1 saturated carbocycles. The lowest BCUT2D eigenvalue weighted by atomic mass is 9.90. The van der Waals surface area contributed by atoms with Crippen molar-refractivity contribution in [1.82, 2.24) is 0 Å². The van der Waals surface area contributed by atoms with E-state index in [1.165, 1.54) is 0 Å². The second kappa shape index (κ2) is 2.64.